The van der Waals surface area contributed by atoms with Crippen LogP contribution in [0.25, 0.3) is 0 Å². The standard InChI is InChI=1S/C17H14ClFN2O2/c1-17(13-4-2-3-5-14(13)18)15(22)21(16(23)20-17)10-11-6-8-12(19)9-7-11/h2-9H,10H2,1H3,(H,20,23)/t17-/m1/s1. The van der Waals surface area contributed by atoms with E-state index in [1.54, 1.807) is 43.3 Å². The van der Waals surface area contributed by atoms with Gasteiger partial charge >= 0.3 is 6.03 Å². The highest BCUT2D eigenvalue weighted by Gasteiger charge is 2.49. The molecule has 1 fully saturated rings. The Kier molecular flexibility index (Phi) is 3.82. The number of rotatable bonds is 3. The van der Waals surface area contributed by atoms with Crippen LogP contribution in [0.5, 0.6) is 0 Å². The zero-order chi connectivity index (χ0) is 16.6. The maximum absolute atomic E-state index is 13.0. The van der Waals surface area contributed by atoms with E-state index in [4.69, 9.17) is 11.6 Å². The normalized spacial score (nSPS) is 20.7. The molecule has 2 aromatic carbocycles. The van der Waals surface area contributed by atoms with Crippen molar-refractivity contribution in [1.82, 2.24) is 10.2 Å². The average molecular weight is 333 g/mol. The molecule has 3 rings (SSSR count). The summed E-state index contributed by atoms with van der Waals surface area (Å²) in [5.41, 5.74) is -0.00457. The molecule has 1 aliphatic heterocycles. The van der Waals surface area contributed by atoms with Gasteiger partial charge in [-0.3, -0.25) is 9.69 Å². The molecule has 0 spiro atoms. The van der Waals surface area contributed by atoms with E-state index in [0.717, 1.165) is 4.90 Å². The van der Waals surface area contributed by atoms with Crippen LogP contribution in [0.3, 0.4) is 0 Å². The lowest BCUT2D eigenvalue weighted by molar-refractivity contribution is -0.131. The molecule has 1 atom stereocenters. The lowest BCUT2D eigenvalue weighted by Crippen LogP contribution is -2.41. The fraction of sp³-hybridized carbons (Fsp3) is 0.176. The third kappa shape index (κ3) is 2.68. The zero-order valence-corrected chi connectivity index (χ0v) is 13.1. The average Bonchev–Trinajstić information content (AvgIpc) is 2.74. The van der Waals surface area contributed by atoms with Crippen LogP contribution >= 0.6 is 11.6 Å². The van der Waals surface area contributed by atoms with Gasteiger partial charge < -0.3 is 5.32 Å². The minimum atomic E-state index is -1.21. The van der Waals surface area contributed by atoms with E-state index in [2.05, 4.69) is 5.32 Å². The largest absolute Gasteiger partial charge is 0.325 e. The van der Waals surface area contributed by atoms with E-state index >= 15 is 0 Å². The Morgan fingerprint density at radius 3 is 2.43 bits per heavy atom. The van der Waals surface area contributed by atoms with Gasteiger partial charge in [-0.2, -0.15) is 0 Å². The van der Waals surface area contributed by atoms with Gasteiger partial charge in [0, 0.05) is 10.6 Å². The van der Waals surface area contributed by atoms with Crippen molar-refractivity contribution in [2.75, 3.05) is 0 Å². The number of hydrogen-bond donors (Lipinski definition) is 1. The van der Waals surface area contributed by atoms with E-state index in [0.29, 0.717) is 16.1 Å². The van der Waals surface area contributed by atoms with Gasteiger partial charge in [0.2, 0.25) is 0 Å². The summed E-state index contributed by atoms with van der Waals surface area (Å²) < 4.78 is 13.0. The van der Waals surface area contributed by atoms with Crippen LogP contribution in [0, 0.1) is 5.82 Å². The van der Waals surface area contributed by atoms with Gasteiger partial charge in [0.15, 0.2) is 0 Å². The highest BCUT2D eigenvalue weighted by atomic mass is 35.5. The van der Waals surface area contributed by atoms with Crippen LogP contribution in [0.4, 0.5) is 9.18 Å². The number of carbonyl (C=O) groups is 2. The second-order valence-electron chi connectivity index (χ2n) is 5.55. The quantitative estimate of drug-likeness (QED) is 0.875. The maximum Gasteiger partial charge on any atom is 0.325 e. The Morgan fingerprint density at radius 1 is 1.13 bits per heavy atom. The first-order valence-corrected chi connectivity index (χ1v) is 7.43. The third-order valence-electron chi connectivity index (χ3n) is 3.94. The van der Waals surface area contributed by atoms with Gasteiger partial charge in [-0.1, -0.05) is 41.9 Å². The molecule has 6 heteroatoms. The molecule has 0 bridgehead atoms. The van der Waals surface area contributed by atoms with Gasteiger partial charge in [0.1, 0.15) is 11.4 Å². The maximum atomic E-state index is 13.0. The van der Waals surface area contributed by atoms with Crippen LogP contribution < -0.4 is 5.32 Å². The Morgan fingerprint density at radius 2 is 1.78 bits per heavy atom. The second kappa shape index (κ2) is 5.66. The molecule has 118 valence electrons. The van der Waals surface area contributed by atoms with E-state index in [-0.39, 0.29) is 18.3 Å². The van der Waals surface area contributed by atoms with Crippen molar-refractivity contribution >= 4 is 23.5 Å². The molecule has 23 heavy (non-hydrogen) atoms. The predicted molar refractivity (Wildman–Crippen MR) is 84.3 cm³/mol. The summed E-state index contributed by atoms with van der Waals surface area (Å²) in [7, 11) is 0. The van der Waals surface area contributed by atoms with Crippen LogP contribution in [0.15, 0.2) is 48.5 Å². The second-order valence-corrected chi connectivity index (χ2v) is 5.96. The fourth-order valence-corrected chi connectivity index (χ4v) is 2.99. The summed E-state index contributed by atoms with van der Waals surface area (Å²) in [6.07, 6.45) is 0. The van der Waals surface area contributed by atoms with Crippen LogP contribution in [0.1, 0.15) is 18.1 Å². The molecule has 1 aliphatic rings. The number of benzene rings is 2. The third-order valence-corrected chi connectivity index (χ3v) is 4.27. The SMILES string of the molecule is C[C@]1(c2ccccc2Cl)NC(=O)N(Cc2ccc(F)cc2)C1=O. The molecule has 2 aromatic rings. The van der Waals surface area contributed by atoms with Gasteiger partial charge in [-0.05, 0) is 30.7 Å². The molecule has 4 nitrogen and oxygen atoms in total. The van der Waals surface area contributed by atoms with Crippen molar-refractivity contribution in [2.45, 2.75) is 19.0 Å². The fourth-order valence-electron chi connectivity index (χ4n) is 2.66. The van der Waals surface area contributed by atoms with E-state index in [1.807, 2.05) is 0 Å². The molecule has 1 heterocycles. The number of amides is 3. The first-order chi connectivity index (χ1) is 10.9. The lowest BCUT2D eigenvalue weighted by Gasteiger charge is -2.23. The molecule has 3 amide bonds. The number of hydrogen-bond acceptors (Lipinski definition) is 2. The highest BCUT2D eigenvalue weighted by molar-refractivity contribution is 6.32. The summed E-state index contributed by atoms with van der Waals surface area (Å²) in [5.74, 6) is -0.758. The number of halogens is 2. The summed E-state index contributed by atoms with van der Waals surface area (Å²) in [5, 5.41) is 3.11. The molecular weight excluding hydrogens is 319 g/mol. The monoisotopic (exact) mass is 332 g/mol. The molecule has 0 aliphatic carbocycles. The smallest absolute Gasteiger partial charge is 0.319 e. The van der Waals surface area contributed by atoms with Crippen molar-refractivity contribution in [1.29, 1.82) is 0 Å². The first kappa shape index (κ1) is 15.5. The van der Waals surface area contributed by atoms with E-state index < -0.39 is 11.6 Å². The van der Waals surface area contributed by atoms with Crippen molar-refractivity contribution < 1.29 is 14.0 Å². The Bertz CT molecular complexity index is 778. The number of urea groups is 1. The molecule has 1 saturated heterocycles. The van der Waals surface area contributed by atoms with Gasteiger partial charge in [-0.25, -0.2) is 9.18 Å². The number of carbonyl (C=O) groups excluding carboxylic acids is 2. The van der Waals surface area contributed by atoms with Crippen LogP contribution in [0.2, 0.25) is 5.02 Å². The molecule has 0 saturated carbocycles. The molecule has 0 aromatic heterocycles. The summed E-state index contributed by atoms with van der Waals surface area (Å²) in [6.45, 7) is 1.70. The van der Waals surface area contributed by atoms with Crippen molar-refractivity contribution in [3.05, 3.63) is 70.5 Å². The summed E-state index contributed by atoms with van der Waals surface area (Å²) in [6, 6.07) is 12.1. The van der Waals surface area contributed by atoms with Gasteiger partial charge in [0.25, 0.3) is 5.91 Å². The molecule has 1 N–H and O–H groups in total. The predicted octanol–water partition coefficient (Wildman–Crippen LogP) is 3.45. The van der Waals surface area contributed by atoms with E-state index in [9.17, 15) is 14.0 Å². The topological polar surface area (TPSA) is 49.4 Å². The summed E-state index contributed by atoms with van der Waals surface area (Å²) in [4.78, 5) is 26.1. The van der Waals surface area contributed by atoms with Crippen LogP contribution in [-0.2, 0) is 16.9 Å². The van der Waals surface area contributed by atoms with Crippen molar-refractivity contribution in [3.8, 4) is 0 Å². The highest BCUT2D eigenvalue weighted by Crippen LogP contribution is 2.33. The number of nitrogens with one attached hydrogen (secondary N) is 1. The zero-order valence-electron chi connectivity index (χ0n) is 12.3. The minimum absolute atomic E-state index is 0.0744. The number of imide groups is 1. The van der Waals surface area contributed by atoms with Gasteiger partial charge in [0.05, 0.1) is 6.54 Å². The van der Waals surface area contributed by atoms with Gasteiger partial charge in [-0.15, -0.1) is 0 Å². The number of nitrogens with zero attached hydrogens (tertiary/aromatic N) is 1. The Balaban J connectivity index is 1.91. The molecule has 0 unspecified atom stereocenters. The Hall–Kier alpha value is -2.40. The lowest BCUT2D eigenvalue weighted by atomic mass is 9.92. The van der Waals surface area contributed by atoms with E-state index in [1.165, 1.54) is 12.1 Å². The van der Waals surface area contributed by atoms with Crippen molar-refractivity contribution in [3.63, 3.8) is 0 Å². The molecule has 0 radical (unpaired) electrons. The first-order valence-electron chi connectivity index (χ1n) is 7.05. The molecular formula is C17H14ClFN2O2. The minimum Gasteiger partial charge on any atom is -0.319 e. The Labute approximate surface area is 137 Å². The van der Waals surface area contributed by atoms with Crippen molar-refractivity contribution in [2.24, 2.45) is 0 Å². The summed E-state index contributed by atoms with van der Waals surface area (Å²) >= 11 is 6.17. The van der Waals surface area contributed by atoms with Crippen LogP contribution in [-0.4, -0.2) is 16.8 Å².